The lowest BCUT2D eigenvalue weighted by atomic mass is 9.75. The Morgan fingerprint density at radius 3 is 2.34 bits per heavy atom. The smallest absolute Gasteiger partial charge is 0.248 e. The average Bonchev–Trinajstić information content (AvgIpc) is 2.88. The van der Waals surface area contributed by atoms with Crippen LogP contribution in [0.25, 0.3) is 10.9 Å². The topological polar surface area (TPSA) is 96.6 Å². The van der Waals surface area contributed by atoms with Gasteiger partial charge in [-0.25, -0.2) is 8.78 Å². The van der Waals surface area contributed by atoms with Crippen molar-refractivity contribution in [1.82, 2.24) is 4.57 Å². The van der Waals surface area contributed by atoms with Gasteiger partial charge in [0.05, 0.1) is 5.52 Å². The van der Waals surface area contributed by atoms with Gasteiger partial charge in [-0.3, -0.25) is 9.59 Å². The zero-order valence-electron chi connectivity index (χ0n) is 16.2. The van der Waals surface area contributed by atoms with Crippen molar-refractivity contribution in [2.75, 3.05) is 0 Å². The molecule has 0 radical (unpaired) electrons. The van der Waals surface area contributed by atoms with Crippen LogP contribution in [0.2, 0.25) is 0 Å². The number of Topliss-reactive ketones (excluding diaryl/α,β-unsaturated/α-hetero) is 1. The molecule has 0 fully saturated rings. The summed E-state index contributed by atoms with van der Waals surface area (Å²) in [6, 6.07) is 9.08. The van der Waals surface area contributed by atoms with Crippen molar-refractivity contribution in [2.24, 2.45) is 11.1 Å². The summed E-state index contributed by atoms with van der Waals surface area (Å²) in [5.41, 5.74) is 8.09. The summed E-state index contributed by atoms with van der Waals surface area (Å²) in [6.45, 7) is 4.40. The van der Waals surface area contributed by atoms with Crippen molar-refractivity contribution in [3.8, 4) is 0 Å². The fraction of sp³-hybridized carbons (Fsp3) is 0.273. The molecule has 152 valence electrons. The quantitative estimate of drug-likeness (QED) is 0.729. The molecule has 5 nitrogen and oxygen atoms in total. The van der Waals surface area contributed by atoms with Gasteiger partial charge in [0.25, 0.3) is 0 Å². The van der Waals surface area contributed by atoms with Gasteiger partial charge in [0.1, 0.15) is 0 Å². The highest BCUT2D eigenvalue weighted by Gasteiger charge is 2.35. The van der Waals surface area contributed by atoms with E-state index in [2.05, 4.69) is 0 Å². The number of hydrogen-bond donors (Lipinski definition) is 1. The maximum Gasteiger partial charge on any atom is 0.248 e. The summed E-state index contributed by atoms with van der Waals surface area (Å²) in [6.07, 6.45) is 0.997. The number of fused-ring (bicyclic) bond motifs is 3. The van der Waals surface area contributed by atoms with Gasteiger partial charge in [-0.15, -0.1) is 0 Å². The van der Waals surface area contributed by atoms with E-state index in [9.17, 15) is 18.4 Å². The highest BCUT2D eigenvalue weighted by molar-refractivity contribution is 6.10. The number of primary amides is 1. The fourth-order valence-electron chi connectivity index (χ4n) is 4.07. The minimum absolute atomic E-state index is 0. The van der Waals surface area contributed by atoms with Crippen LogP contribution in [0.3, 0.4) is 0 Å². The van der Waals surface area contributed by atoms with Crippen LogP contribution in [0.1, 0.15) is 52.2 Å². The van der Waals surface area contributed by atoms with Gasteiger partial charge in [-0.2, -0.15) is 0 Å². The lowest BCUT2D eigenvalue weighted by molar-refractivity contribution is 0.0911. The molecule has 1 aromatic heterocycles. The molecule has 0 bridgehead atoms. The Labute approximate surface area is 166 Å². The number of nitrogens with two attached hydrogens (primary N) is 1. The minimum Gasteiger partial charge on any atom is -0.412 e. The van der Waals surface area contributed by atoms with Crippen molar-refractivity contribution >= 4 is 22.6 Å². The summed E-state index contributed by atoms with van der Waals surface area (Å²) in [5, 5.41) is 0.447. The molecule has 0 unspecified atom stereocenters. The molecule has 29 heavy (non-hydrogen) atoms. The van der Waals surface area contributed by atoms with Crippen molar-refractivity contribution in [3.05, 3.63) is 70.4 Å². The molecule has 0 saturated carbocycles. The third-order valence-corrected chi connectivity index (χ3v) is 5.36. The van der Waals surface area contributed by atoms with E-state index in [4.69, 9.17) is 5.73 Å². The molecule has 7 heteroatoms. The van der Waals surface area contributed by atoms with E-state index in [1.54, 1.807) is 24.3 Å². The first-order valence-electron chi connectivity index (χ1n) is 9.08. The van der Waals surface area contributed by atoms with Crippen molar-refractivity contribution in [1.29, 1.82) is 0 Å². The van der Waals surface area contributed by atoms with Crippen molar-refractivity contribution < 1.29 is 23.8 Å². The Kier molecular flexibility index (Phi) is 5.04. The van der Waals surface area contributed by atoms with Gasteiger partial charge < -0.3 is 15.8 Å². The molecule has 0 spiro atoms. The molecule has 4 rings (SSSR count). The number of carbonyl (C=O) groups excluding carboxylic acids is 2. The lowest BCUT2D eigenvalue weighted by Gasteiger charge is -2.30. The Bertz CT molecular complexity index is 1130. The van der Waals surface area contributed by atoms with Crippen LogP contribution in [-0.2, 0) is 13.0 Å². The Balaban J connectivity index is 0.00000240. The maximum absolute atomic E-state index is 14.0. The summed E-state index contributed by atoms with van der Waals surface area (Å²) in [7, 11) is 0. The van der Waals surface area contributed by atoms with E-state index in [0.717, 1.165) is 23.4 Å². The number of nitrogens with zero attached hydrogens (tertiary/aromatic N) is 1. The SMILES string of the molecule is CC1(C)CC(=O)c2c(n(Cc3ccc(C(N)=O)cc3)c3cc(F)c(F)cc23)C1.O. The third kappa shape index (κ3) is 3.53. The normalized spacial score (nSPS) is 15.1. The van der Waals surface area contributed by atoms with E-state index in [-0.39, 0.29) is 16.7 Å². The zero-order valence-corrected chi connectivity index (χ0v) is 16.2. The standard InChI is InChI=1S/C22H20F2N2O2.H2O/c1-22(2)9-18-20(19(27)10-22)14-7-15(23)16(24)8-17(14)26(18)11-12-3-5-13(6-4-12)21(25)28;/h3-8H,9-11H2,1-2H3,(H2,25,28);1H2. The molecule has 1 aliphatic rings. The lowest BCUT2D eigenvalue weighted by Crippen LogP contribution is -2.28. The average molecular weight is 400 g/mol. The monoisotopic (exact) mass is 400 g/mol. The van der Waals surface area contributed by atoms with Crippen molar-refractivity contribution in [3.63, 3.8) is 0 Å². The summed E-state index contributed by atoms with van der Waals surface area (Å²) in [4.78, 5) is 24.1. The Morgan fingerprint density at radius 2 is 1.72 bits per heavy atom. The predicted octanol–water partition coefficient (Wildman–Crippen LogP) is 3.40. The van der Waals surface area contributed by atoms with Gasteiger partial charge >= 0.3 is 0 Å². The van der Waals surface area contributed by atoms with Crippen LogP contribution >= 0.6 is 0 Å². The van der Waals surface area contributed by atoms with Gasteiger partial charge in [0.2, 0.25) is 5.91 Å². The molecule has 1 heterocycles. The Hall–Kier alpha value is -3.06. The number of ketones is 1. The van der Waals surface area contributed by atoms with Crippen LogP contribution in [-0.4, -0.2) is 21.7 Å². The second-order valence-corrected chi connectivity index (χ2v) is 8.19. The van der Waals surface area contributed by atoms with Gasteiger partial charge in [0, 0.05) is 41.2 Å². The van der Waals surface area contributed by atoms with E-state index in [1.165, 1.54) is 0 Å². The van der Waals surface area contributed by atoms with Gasteiger partial charge in [0.15, 0.2) is 17.4 Å². The number of carbonyl (C=O) groups is 2. The highest BCUT2D eigenvalue weighted by atomic mass is 19.2. The van der Waals surface area contributed by atoms with Gasteiger partial charge in [-0.1, -0.05) is 26.0 Å². The summed E-state index contributed by atoms with van der Waals surface area (Å²) in [5.74, 6) is -2.47. The van der Waals surface area contributed by atoms with E-state index in [0.29, 0.717) is 41.4 Å². The van der Waals surface area contributed by atoms with E-state index < -0.39 is 17.5 Å². The molecule has 1 aliphatic carbocycles. The molecular weight excluding hydrogens is 378 g/mol. The second kappa shape index (κ2) is 7.08. The Morgan fingerprint density at radius 1 is 1.10 bits per heavy atom. The molecule has 2 aromatic carbocycles. The van der Waals surface area contributed by atoms with Crippen LogP contribution in [0, 0.1) is 17.0 Å². The van der Waals surface area contributed by atoms with Crippen LogP contribution in [0.5, 0.6) is 0 Å². The number of rotatable bonds is 3. The molecule has 1 amide bonds. The summed E-state index contributed by atoms with van der Waals surface area (Å²) < 4.78 is 29.8. The van der Waals surface area contributed by atoms with Crippen molar-refractivity contribution in [2.45, 2.75) is 33.2 Å². The van der Waals surface area contributed by atoms with Crippen LogP contribution < -0.4 is 5.73 Å². The summed E-state index contributed by atoms with van der Waals surface area (Å²) >= 11 is 0. The molecule has 4 N–H and O–H groups in total. The van der Waals surface area contributed by atoms with E-state index in [1.807, 2.05) is 18.4 Å². The molecular formula is C22H22F2N2O3. The number of amides is 1. The highest BCUT2D eigenvalue weighted by Crippen LogP contribution is 2.40. The largest absolute Gasteiger partial charge is 0.412 e. The second-order valence-electron chi connectivity index (χ2n) is 8.19. The minimum atomic E-state index is -0.962. The first-order chi connectivity index (χ1) is 13.2. The molecule has 3 aromatic rings. The van der Waals surface area contributed by atoms with E-state index >= 15 is 0 Å². The number of hydrogen-bond acceptors (Lipinski definition) is 2. The van der Waals surface area contributed by atoms with Crippen LogP contribution in [0.4, 0.5) is 8.78 Å². The predicted molar refractivity (Wildman–Crippen MR) is 106 cm³/mol. The molecule has 0 atom stereocenters. The number of aromatic nitrogens is 1. The maximum atomic E-state index is 14.0. The number of benzene rings is 2. The van der Waals surface area contributed by atoms with Crippen LogP contribution in [0.15, 0.2) is 36.4 Å². The fourth-order valence-corrected chi connectivity index (χ4v) is 4.07. The third-order valence-electron chi connectivity index (χ3n) is 5.36. The number of halogens is 2. The molecule has 0 aliphatic heterocycles. The first-order valence-corrected chi connectivity index (χ1v) is 9.08. The zero-order chi connectivity index (χ0) is 20.2. The molecule has 0 saturated heterocycles. The first kappa shape index (κ1) is 20.7. The van der Waals surface area contributed by atoms with Gasteiger partial charge in [-0.05, 0) is 35.6 Å².